The number of hydrogen-bond donors (Lipinski definition) is 1. The van der Waals surface area contributed by atoms with Gasteiger partial charge in [-0.3, -0.25) is 14.3 Å². The highest BCUT2D eigenvalue weighted by Crippen LogP contribution is 2.25. The van der Waals surface area contributed by atoms with Gasteiger partial charge >= 0.3 is 0 Å². The summed E-state index contributed by atoms with van der Waals surface area (Å²) in [5, 5.41) is 0. The molecule has 1 saturated heterocycles. The van der Waals surface area contributed by atoms with E-state index in [4.69, 9.17) is 0 Å². The van der Waals surface area contributed by atoms with E-state index < -0.39 is 21.8 Å². The first-order valence-electron chi connectivity index (χ1n) is 5.33. The quantitative estimate of drug-likeness (QED) is 0.741. The van der Waals surface area contributed by atoms with Crippen LogP contribution in [0.25, 0.3) is 0 Å². The highest BCUT2D eigenvalue weighted by Gasteiger charge is 2.39. The lowest BCUT2D eigenvalue weighted by Crippen LogP contribution is -2.43. The van der Waals surface area contributed by atoms with Crippen molar-refractivity contribution in [1.29, 1.82) is 0 Å². The van der Waals surface area contributed by atoms with Gasteiger partial charge in [-0.05, 0) is 20.8 Å². The molecule has 1 aliphatic heterocycles. The molecule has 1 heterocycles. The van der Waals surface area contributed by atoms with E-state index in [9.17, 15) is 18.0 Å². The highest BCUT2D eigenvalue weighted by atomic mass is 32.2. The van der Waals surface area contributed by atoms with Gasteiger partial charge in [-0.1, -0.05) is 0 Å². The second-order valence-corrected chi connectivity index (χ2v) is 7.06. The predicted octanol–water partition coefficient (Wildman–Crippen LogP) is -0.291. The lowest BCUT2D eigenvalue weighted by atomic mass is 10.1. The maximum absolute atomic E-state index is 11.7. The van der Waals surface area contributed by atoms with Crippen LogP contribution in [0.4, 0.5) is 0 Å². The van der Waals surface area contributed by atoms with E-state index in [-0.39, 0.29) is 24.4 Å². The summed E-state index contributed by atoms with van der Waals surface area (Å²) in [5.41, 5.74) is -0.350. The van der Waals surface area contributed by atoms with Crippen LogP contribution < -0.4 is 4.72 Å². The lowest BCUT2D eigenvalue weighted by Gasteiger charge is -2.31. The molecule has 1 aliphatic rings. The molecule has 0 bridgehead atoms. The first-order valence-corrected chi connectivity index (χ1v) is 7.22. The van der Waals surface area contributed by atoms with E-state index >= 15 is 0 Å². The molecule has 0 aliphatic carbocycles. The Kier molecular flexibility index (Phi) is 3.52. The van der Waals surface area contributed by atoms with Crippen molar-refractivity contribution in [2.75, 3.05) is 12.8 Å². The van der Waals surface area contributed by atoms with Crippen molar-refractivity contribution in [2.45, 2.75) is 32.7 Å². The van der Waals surface area contributed by atoms with Gasteiger partial charge in [0, 0.05) is 18.5 Å². The fourth-order valence-electron chi connectivity index (χ4n) is 1.80. The Balaban J connectivity index is 2.73. The zero-order chi connectivity index (χ0) is 13.4. The van der Waals surface area contributed by atoms with E-state index in [1.807, 2.05) is 25.5 Å². The number of rotatable bonds is 2. The summed E-state index contributed by atoms with van der Waals surface area (Å²) in [5.74, 6) is -1.31. The molecule has 6 nitrogen and oxygen atoms in total. The average molecular weight is 262 g/mol. The molecular weight excluding hydrogens is 244 g/mol. The van der Waals surface area contributed by atoms with E-state index in [0.29, 0.717) is 0 Å². The van der Waals surface area contributed by atoms with Crippen molar-refractivity contribution in [2.24, 2.45) is 5.92 Å². The van der Waals surface area contributed by atoms with Crippen molar-refractivity contribution in [3.05, 3.63) is 0 Å². The summed E-state index contributed by atoms with van der Waals surface area (Å²) in [6, 6.07) is 0. The number of amides is 2. The Morgan fingerprint density at radius 1 is 1.41 bits per heavy atom. The van der Waals surface area contributed by atoms with Crippen molar-refractivity contribution in [1.82, 2.24) is 9.62 Å². The van der Waals surface area contributed by atoms with E-state index in [1.54, 1.807) is 4.90 Å². The molecule has 0 spiro atoms. The minimum atomic E-state index is -3.56. The number of hydrogen-bond acceptors (Lipinski definition) is 4. The standard InChI is InChI=1S/C10H18N2O4S/c1-10(2,3)12-6-7(5-8(12)13)9(14)11-17(4,15)16/h7H,5-6H2,1-4H3,(H,11,14). The molecule has 0 radical (unpaired) electrons. The summed E-state index contributed by atoms with van der Waals surface area (Å²) in [7, 11) is -3.56. The molecular formula is C10H18N2O4S. The summed E-state index contributed by atoms with van der Waals surface area (Å²) in [6.07, 6.45) is 0.988. The van der Waals surface area contributed by atoms with Crippen molar-refractivity contribution < 1.29 is 18.0 Å². The summed E-state index contributed by atoms with van der Waals surface area (Å²) in [6.45, 7) is 5.90. The summed E-state index contributed by atoms with van der Waals surface area (Å²) >= 11 is 0. The Hall–Kier alpha value is -1.11. The number of nitrogens with zero attached hydrogens (tertiary/aromatic N) is 1. The van der Waals surface area contributed by atoms with Crippen LogP contribution in [0.15, 0.2) is 0 Å². The van der Waals surface area contributed by atoms with Crippen molar-refractivity contribution in [3.63, 3.8) is 0 Å². The van der Waals surface area contributed by atoms with Crippen LogP contribution >= 0.6 is 0 Å². The van der Waals surface area contributed by atoms with Gasteiger partial charge in [0.1, 0.15) is 0 Å². The van der Waals surface area contributed by atoms with Crippen LogP contribution in [-0.2, 0) is 19.6 Å². The van der Waals surface area contributed by atoms with Crippen LogP contribution in [-0.4, -0.2) is 43.5 Å². The lowest BCUT2D eigenvalue weighted by molar-refractivity contribution is -0.131. The molecule has 0 aromatic rings. The fourth-order valence-corrected chi connectivity index (χ4v) is 2.33. The fraction of sp³-hybridized carbons (Fsp3) is 0.800. The Bertz CT molecular complexity index is 436. The van der Waals surface area contributed by atoms with Gasteiger partial charge in [-0.2, -0.15) is 0 Å². The minimum Gasteiger partial charge on any atom is -0.337 e. The second-order valence-electron chi connectivity index (χ2n) is 5.31. The van der Waals surface area contributed by atoms with Crippen LogP contribution in [0, 0.1) is 5.92 Å². The zero-order valence-corrected chi connectivity index (χ0v) is 11.3. The predicted molar refractivity (Wildman–Crippen MR) is 62.6 cm³/mol. The van der Waals surface area contributed by atoms with Crippen LogP contribution in [0.3, 0.4) is 0 Å². The molecule has 1 rings (SSSR count). The first kappa shape index (κ1) is 14.0. The van der Waals surface area contributed by atoms with Crippen molar-refractivity contribution in [3.8, 4) is 0 Å². The Labute approximate surface area is 101 Å². The minimum absolute atomic E-state index is 0.0681. The maximum Gasteiger partial charge on any atom is 0.238 e. The maximum atomic E-state index is 11.7. The topological polar surface area (TPSA) is 83.6 Å². The third kappa shape index (κ3) is 3.69. The normalized spacial score (nSPS) is 21.8. The summed E-state index contributed by atoms with van der Waals surface area (Å²) in [4.78, 5) is 24.9. The third-order valence-corrected chi connectivity index (χ3v) is 3.16. The van der Waals surface area contributed by atoms with E-state index in [0.717, 1.165) is 6.26 Å². The van der Waals surface area contributed by atoms with Gasteiger partial charge < -0.3 is 4.90 Å². The number of nitrogens with one attached hydrogen (secondary N) is 1. The van der Waals surface area contributed by atoms with Gasteiger partial charge in [-0.25, -0.2) is 8.42 Å². The van der Waals surface area contributed by atoms with Gasteiger partial charge in [0.15, 0.2) is 0 Å². The van der Waals surface area contributed by atoms with Crippen LogP contribution in [0.1, 0.15) is 27.2 Å². The van der Waals surface area contributed by atoms with E-state index in [1.165, 1.54) is 0 Å². The van der Waals surface area contributed by atoms with Crippen LogP contribution in [0.2, 0.25) is 0 Å². The van der Waals surface area contributed by atoms with Gasteiger partial charge in [0.25, 0.3) is 0 Å². The molecule has 2 amide bonds. The highest BCUT2D eigenvalue weighted by molar-refractivity contribution is 7.89. The number of carbonyl (C=O) groups excluding carboxylic acids is 2. The molecule has 98 valence electrons. The molecule has 7 heteroatoms. The molecule has 0 saturated carbocycles. The first-order chi connectivity index (χ1) is 7.50. The molecule has 1 N–H and O–H groups in total. The number of sulfonamides is 1. The zero-order valence-electron chi connectivity index (χ0n) is 10.5. The molecule has 1 fully saturated rings. The molecule has 17 heavy (non-hydrogen) atoms. The SMILES string of the molecule is CC(C)(C)N1CC(C(=O)NS(C)(=O)=O)CC1=O. The number of carbonyl (C=O) groups is 2. The van der Waals surface area contributed by atoms with Gasteiger partial charge in [0.2, 0.25) is 21.8 Å². The molecule has 1 atom stereocenters. The third-order valence-electron chi connectivity index (χ3n) is 2.59. The average Bonchev–Trinajstić information content (AvgIpc) is 2.42. The molecule has 0 aromatic carbocycles. The van der Waals surface area contributed by atoms with E-state index in [2.05, 4.69) is 0 Å². The number of likely N-dealkylation sites (tertiary alicyclic amines) is 1. The summed E-state index contributed by atoms with van der Waals surface area (Å²) < 4.78 is 23.8. The smallest absolute Gasteiger partial charge is 0.238 e. The monoisotopic (exact) mass is 262 g/mol. The van der Waals surface area contributed by atoms with Crippen LogP contribution in [0.5, 0.6) is 0 Å². The molecule has 1 unspecified atom stereocenters. The Morgan fingerprint density at radius 2 is 1.94 bits per heavy atom. The largest absolute Gasteiger partial charge is 0.337 e. The second kappa shape index (κ2) is 4.29. The Morgan fingerprint density at radius 3 is 2.29 bits per heavy atom. The van der Waals surface area contributed by atoms with Crippen molar-refractivity contribution >= 4 is 21.8 Å². The van der Waals surface area contributed by atoms with Gasteiger partial charge in [0.05, 0.1) is 12.2 Å². The van der Waals surface area contributed by atoms with Gasteiger partial charge in [-0.15, -0.1) is 0 Å². The molecule has 0 aromatic heterocycles.